The number of ketones is 1. The first-order valence-corrected chi connectivity index (χ1v) is 16.5. The topological polar surface area (TPSA) is 119 Å². The summed E-state index contributed by atoms with van der Waals surface area (Å²) >= 11 is 0. The smallest absolute Gasteiger partial charge is 0.303 e. The van der Waals surface area contributed by atoms with E-state index in [0.29, 0.717) is 18.5 Å². The van der Waals surface area contributed by atoms with Gasteiger partial charge in [-0.1, -0.05) is 71.1 Å². The van der Waals surface area contributed by atoms with Crippen LogP contribution in [0.3, 0.4) is 0 Å². The molecular formula is C40H57N3O3. The normalized spacial score (nSPS) is 24.3. The number of carboxylic acid groups (broad SMARTS) is 1. The summed E-state index contributed by atoms with van der Waals surface area (Å²) in [5.41, 5.74) is 25.9. The molecule has 0 aromatic rings. The largest absolute Gasteiger partial charge is 0.481 e. The molecule has 1 heterocycles. The van der Waals surface area contributed by atoms with E-state index < -0.39 is 5.97 Å². The van der Waals surface area contributed by atoms with Gasteiger partial charge in [0.05, 0.1) is 11.4 Å². The van der Waals surface area contributed by atoms with Gasteiger partial charge in [0.2, 0.25) is 0 Å². The second kappa shape index (κ2) is 16.1. The minimum atomic E-state index is -0.840. The quantitative estimate of drug-likeness (QED) is 0.101. The van der Waals surface area contributed by atoms with Crippen LogP contribution in [0.4, 0.5) is 0 Å². The van der Waals surface area contributed by atoms with Crippen LogP contribution >= 0.6 is 0 Å². The van der Waals surface area contributed by atoms with Gasteiger partial charge in [-0.2, -0.15) is 0 Å². The number of aliphatic carboxylic acids is 1. The molecule has 4 unspecified atom stereocenters. The maximum absolute atomic E-state index is 12.2. The van der Waals surface area contributed by atoms with E-state index in [4.69, 9.17) is 16.5 Å². The third-order valence-electron chi connectivity index (χ3n) is 10.2. The zero-order valence-electron chi connectivity index (χ0n) is 30.0. The summed E-state index contributed by atoms with van der Waals surface area (Å²) in [4.78, 5) is 29.1. The highest BCUT2D eigenvalue weighted by atomic mass is 16.4. The van der Waals surface area contributed by atoms with Gasteiger partial charge in [-0.3, -0.25) is 9.59 Å². The Morgan fingerprint density at radius 1 is 1.07 bits per heavy atom. The van der Waals surface area contributed by atoms with Crippen molar-refractivity contribution in [2.24, 2.45) is 40.1 Å². The molecule has 0 bridgehead atoms. The van der Waals surface area contributed by atoms with Crippen molar-refractivity contribution in [1.82, 2.24) is 0 Å². The maximum Gasteiger partial charge on any atom is 0.303 e. The fourth-order valence-corrected chi connectivity index (χ4v) is 7.12. The van der Waals surface area contributed by atoms with E-state index >= 15 is 0 Å². The van der Waals surface area contributed by atoms with Crippen molar-refractivity contribution in [3.05, 3.63) is 105 Å². The SMILES string of the molecule is C=C/C(C(=C)N)=C(C)/C(C)=C/C1=NC(=C2\C(C)C(=C)C(/C(C)=C(\N)CC(C)/C(CCC)=C(/C)C(C)=O)C2C)/C(CCC(=O)O)=C1C. The van der Waals surface area contributed by atoms with Crippen LogP contribution < -0.4 is 11.5 Å². The van der Waals surface area contributed by atoms with Crippen molar-refractivity contribution in [2.45, 2.75) is 101 Å². The summed E-state index contributed by atoms with van der Waals surface area (Å²) in [6.07, 6.45) is 6.68. The molecule has 4 atom stereocenters. The lowest BCUT2D eigenvalue weighted by Crippen LogP contribution is -2.17. The molecule has 2 aliphatic rings. The molecule has 0 saturated heterocycles. The molecule has 1 aliphatic heterocycles. The first-order chi connectivity index (χ1) is 21.4. The molecule has 6 nitrogen and oxygen atoms in total. The Bertz CT molecular complexity index is 1540. The number of carboxylic acids is 1. The number of nitrogens with zero attached hydrogens (tertiary/aromatic N) is 1. The van der Waals surface area contributed by atoms with Crippen LogP contribution in [0.15, 0.2) is 110 Å². The van der Waals surface area contributed by atoms with Crippen LogP contribution in [0.2, 0.25) is 0 Å². The Morgan fingerprint density at radius 3 is 2.17 bits per heavy atom. The molecule has 5 N–H and O–H groups in total. The zero-order chi connectivity index (χ0) is 35.2. The van der Waals surface area contributed by atoms with Crippen LogP contribution in [-0.4, -0.2) is 22.6 Å². The lowest BCUT2D eigenvalue weighted by atomic mass is 9.82. The molecule has 250 valence electrons. The third kappa shape index (κ3) is 8.26. The predicted octanol–water partition coefficient (Wildman–Crippen LogP) is 9.22. The minimum Gasteiger partial charge on any atom is -0.481 e. The molecule has 1 saturated carbocycles. The van der Waals surface area contributed by atoms with Gasteiger partial charge in [-0.05, 0) is 123 Å². The molecule has 1 aliphatic carbocycles. The van der Waals surface area contributed by atoms with Gasteiger partial charge in [0.1, 0.15) is 0 Å². The second-order valence-corrected chi connectivity index (χ2v) is 13.2. The fraction of sp³-hybridized carbons (Fsp3) is 0.475. The lowest BCUT2D eigenvalue weighted by Gasteiger charge is -2.24. The molecular weight excluding hydrogens is 570 g/mol. The molecule has 46 heavy (non-hydrogen) atoms. The van der Waals surface area contributed by atoms with Gasteiger partial charge in [-0.15, -0.1) is 0 Å². The Morgan fingerprint density at radius 2 is 1.67 bits per heavy atom. The molecule has 0 radical (unpaired) electrons. The summed E-state index contributed by atoms with van der Waals surface area (Å²) in [5, 5.41) is 9.59. The number of carbonyl (C=O) groups is 2. The molecule has 2 rings (SSSR count). The van der Waals surface area contributed by atoms with E-state index in [9.17, 15) is 14.7 Å². The molecule has 0 spiro atoms. The molecule has 0 aromatic heterocycles. The first kappa shape index (κ1) is 38.3. The molecule has 0 amide bonds. The predicted molar refractivity (Wildman–Crippen MR) is 194 cm³/mol. The number of Topliss-reactive ketones (excluding diaryl/α,β-unsaturated/α-hetero) is 1. The maximum atomic E-state index is 12.2. The Kier molecular flexibility index (Phi) is 13.4. The molecule has 0 aromatic carbocycles. The van der Waals surface area contributed by atoms with Crippen molar-refractivity contribution in [2.75, 3.05) is 0 Å². The number of hydrogen-bond acceptors (Lipinski definition) is 5. The number of rotatable bonds is 14. The Labute approximate surface area is 277 Å². The van der Waals surface area contributed by atoms with Gasteiger partial charge in [0.15, 0.2) is 5.78 Å². The number of nitrogens with two attached hydrogens (primary N) is 2. The monoisotopic (exact) mass is 627 g/mol. The van der Waals surface area contributed by atoms with Gasteiger partial charge in [0.25, 0.3) is 0 Å². The zero-order valence-corrected chi connectivity index (χ0v) is 30.0. The van der Waals surface area contributed by atoms with Crippen molar-refractivity contribution >= 4 is 17.5 Å². The summed E-state index contributed by atoms with van der Waals surface area (Å²) in [6.45, 7) is 32.7. The van der Waals surface area contributed by atoms with E-state index in [1.165, 1.54) is 11.1 Å². The van der Waals surface area contributed by atoms with Crippen molar-refractivity contribution < 1.29 is 14.7 Å². The standard InChI is InChI=1S/C40H57N3O3/c1-14-16-33(26(8)31(13)44)22(4)19-35(42)28(10)38-24(6)25(7)39(29(38)11)40-34(17-18-37(45)46)27(9)36(43-40)20-21(3)23(5)32(15-2)30(12)41/h15,20,22,25,29,38H,2,6,12,14,16-19,41-42H2,1,3-5,7-11,13H3,(H,45,46)/b21-20+,32-23-,33-26-,35-28-,40-39+. The van der Waals surface area contributed by atoms with Crippen molar-refractivity contribution in [3.63, 3.8) is 0 Å². The second-order valence-electron chi connectivity index (χ2n) is 13.2. The average Bonchev–Trinajstić information content (AvgIpc) is 3.39. The molecule has 1 fully saturated rings. The van der Waals surface area contributed by atoms with E-state index in [1.54, 1.807) is 13.0 Å². The van der Waals surface area contributed by atoms with E-state index in [-0.39, 0.29) is 35.9 Å². The van der Waals surface area contributed by atoms with Crippen molar-refractivity contribution in [3.8, 4) is 0 Å². The molecule has 6 heteroatoms. The highest BCUT2D eigenvalue weighted by molar-refractivity contribution is 6.12. The number of hydrogen-bond donors (Lipinski definition) is 3. The van der Waals surface area contributed by atoms with E-state index in [2.05, 4.69) is 54.4 Å². The van der Waals surface area contributed by atoms with Gasteiger partial charge < -0.3 is 16.6 Å². The van der Waals surface area contributed by atoms with E-state index in [0.717, 1.165) is 74.5 Å². The number of aliphatic imine (C=N–C) groups is 1. The van der Waals surface area contributed by atoms with Crippen molar-refractivity contribution in [1.29, 1.82) is 0 Å². The summed E-state index contributed by atoms with van der Waals surface area (Å²) in [7, 11) is 0. The first-order valence-electron chi connectivity index (χ1n) is 16.5. The fourth-order valence-electron chi connectivity index (χ4n) is 7.12. The Hall–Kier alpha value is -3.93. The van der Waals surface area contributed by atoms with E-state index in [1.807, 2.05) is 33.8 Å². The van der Waals surface area contributed by atoms with Gasteiger partial charge in [0, 0.05) is 29.7 Å². The van der Waals surface area contributed by atoms with Crippen LogP contribution in [0.1, 0.15) is 101 Å². The highest BCUT2D eigenvalue weighted by Crippen LogP contribution is 2.52. The van der Waals surface area contributed by atoms with Crippen LogP contribution in [0, 0.1) is 23.7 Å². The average molecular weight is 628 g/mol. The van der Waals surface area contributed by atoms with Crippen LogP contribution in [0.5, 0.6) is 0 Å². The minimum absolute atomic E-state index is 0.0195. The summed E-state index contributed by atoms with van der Waals surface area (Å²) in [6, 6.07) is 0. The number of allylic oxidation sites excluding steroid dienone is 12. The van der Waals surface area contributed by atoms with Crippen LogP contribution in [0.25, 0.3) is 0 Å². The summed E-state index contributed by atoms with van der Waals surface area (Å²) < 4.78 is 0. The summed E-state index contributed by atoms with van der Waals surface area (Å²) in [5.74, 6) is -0.427. The lowest BCUT2D eigenvalue weighted by molar-refractivity contribution is -0.136. The van der Waals surface area contributed by atoms with Gasteiger partial charge >= 0.3 is 5.97 Å². The van der Waals surface area contributed by atoms with Gasteiger partial charge in [-0.25, -0.2) is 4.99 Å². The van der Waals surface area contributed by atoms with Crippen LogP contribution in [-0.2, 0) is 9.59 Å². The Balaban J connectivity index is 2.68. The third-order valence-corrected chi connectivity index (χ3v) is 10.2. The highest BCUT2D eigenvalue weighted by Gasteiger charge is 2.41. The number of carbonyl (C=O) groups excluding carboxylic acids is 1.